The predicted molar refractivity (Wildman–Crippen MR) is 109 cm³/mol. The largest absolute Gasteiger partial charge is 0.455 e. The Morgan fingerprint density at radius 1 is 0.538 bits per heavy atom. The molecule has 26 heavy (non-hydrogen) atoms. The van der Waals surface area contributed by atoms with Crippen molar-refractivity contribution >= 4 is 43.7 Å². The third kappa shape index (κ3) is 1.76. The first kappa shape index (κ1) is 13.7. The minimum Gasteiger partial charge on any atom is -0.455 e. The SMILES string of the molecule is c1ccc2c(c1)[nH]c1cccc(-c3cccc4c3oc3ccccc34)c12. The fourth-order valence-corrected chi connectivity index (χ4v) is 4.09. The highest BCUT2D eigenvalue weighted by Crippen LogP contribution is 2.40. The number of H-pyrrole nitrogens is 1. The molecule has 2 aromatic heterocycles. The van der Waals surface area contributed by atoms with Gasteiger partial charge in [-0.25, -0.2) is 0 Å². The fourth-order valence-electron chi connectivity index (χ4n) is 4.09. The maximum absolute atomic E-state index is 6.27. The van der Waals surface area contributed by atoms with Crippen molar-refractivity contribution in [2.24, 2.45) is 0 Å². The lowest BCUT2D eigenvalue weighted by Crippen LogP contribution is -1.81. The average Bonchev–Trinajstić information content (AvgIpc) is 3.26. The van der Waals surface area contributed by atoms with Crippen LogP contribution in [-0.4, -0.2) is 4.98 Å². The van der Waals surface area contributed by atoms with Gasteiger partial charge < -0.3 is 9.40 Å². The minimum atomic E-state index is 0.932. The molecular weight excluding hydrogens is 318 g/mol. The summed E-state index contributed by atoms with van der Waals surface area (Å²) in [5.41, 5.74) is 6.52. The number of aromatic nitrogens is 1. The third-order valence-corrected chi connectivity index (χ3v) is 5.22. The zero-order valence-corrected chi connectivity index (χ0v) is 14.0. The van der Waals surface area contributed by atoms with E-state index in [4.69, 9.17) is 4.42 Å². The first-order valence-electron chi connectivity index (χ1n) is 8.80. The van der Waals surface area contributed by atoms with Crippen LogP contribution in [0.5, 0.6) is 0 Å². The van der Waals surface area contributed by atoms with Gasteiger partial charge in [-0.3, -0.25) is 0 Å². The number of hydrogen-bond donors (Lipinski definition) is 1. The van der Waals surface area contributed by atoms with Crippen molar-refractivity contribution in [2.45, 2.75) is 0 Å². The molecule has 2 heterocycles. The smallest absolute Gasteiger partial charge is 0.143 e. The molecule has 6 rings (SSSR count). The van der Waals surface area contributed by atoms with Crippen molar-refractivity contribution in [3.63, 3.8) is 0 Å². The second-order valence-electron chi connectivity index (χ2n) is 6.68. The van der Waals surface area contributed by atoms with Crippen molar-refractivity contribution < 1.29 is 4.42 Å². The van der Waals surface area contributed by atoms with E-state index in [9.17, 15) is 0 Å². The van der Waals surface area contributed by atoms with E-state index in [-0.39, 0.29) is 0 Å². The lowest BCUT2D eigenvalue weighted by Gasteiger charge is -2.05. The lowest BCUT2D eigenvalue weighted by molar-refractivity contribution is 0.670. The summed E-state index contributed by atoms with van der Waals surface area (Å²) in [6.45, 7) is 0. The molecule has 0 atom stereocenters. The summed E-state index contributed by atoms with van der Waals surface area (Å²) in [7, 11) is 0. The van der Waals surface area contributed by atoms with Gasteiger partial charge in [0.2, 0.25) is 0 Å². The quantitative estimate of drug-likeness (QED) is 0.349. The van der Waals surface area contributed by atoms with Crippen LogP contribution in [0, 0.1) is 0 Å². The van der Waals surface area contributed by atoms with E-state index in [1.165, 1.54) is 16.3 Å². The van der Waals surface area contributed by atoms with E-state index in [1.54, 1.807) is 0 Å². The monoisotopic (exact) mass is 333 g/mol. The van der Waals surface area contributed by atoms with E-state index in [0.717, 1.165) is 38.5 Å². The van der Waals surface area contributed by atoms with Crippen LogP contribution in [0.25, 0.3) is 54.9 Å². The highest BCUT2D eigenvalue weighted by molar-refractivity contribution is 6.18. The van der Waals surface area contributed by atoms with Crippen LogP contribution in [0.3, 0.4) is 0 Å². The number of rotatable bonds is 1. The fraction of sp³-hybridized carbons (Fsp3) is 0. The van der Waals surface area contributed by atoms with Gasteiger partial charge in [0.1, 0.15) is 11.2 Å². The molecule has 6 aromatic rings. The Kier molecular flexibility index (Phi) is 2.64. The van der Waals surface area contributed by atoms with Crippen LogP contribution in [0.2, 0.25) is 0 Å². The molecule has 0 fully saturated rings. The molecule has 2 heteroatoms. The maximum atomic E-state index is 6.27. The van der Waals surface area contributed by atoms with E-state index < -0.39 is 0 Å². The standard InChI is InChI=1S/C24H15NO/c1-3-12-20-19(8-1)23-16(9-6-13-21(23)25-20)18-11-5-10-17-15-7-2-4-14-22(15)26-24(17)18/h1-14,25H. The van der Waals surface area contributed by atoms with Crippen molar-refractivity contribution in [2.75, 3.05) is 0 Å². The van der Waals surface area contributed by atoms with Gasteiger partial charge in [-0.05, 0) is 23.8 Å². The highest BCUT2D eigenvalue weighted by Gasteiger charge is 2.15. The van der Waals surface area contributed by atoms with Gasteiger partial charge in [0, 0.05) is 38.1 Å². The number of aromatic amines is 1. The predicted octanol–water partition coefficient (Wildman–Crippen LogP) is 6.89. The molecule has 0 aliphatic carbocycles. The molecule has 0 saturated carbocycles. The first-order valence-corrected chi connectivity index (χ1v) is 8.80. The lowest BCUT2D eigenvalue weighted by atomic mass is 9.97. The minimum absolute atomic E-state index is 0.932. The van der Waals surface area contributed by atoms with Crippen LogP contribution in [0.15, 0.2) is 89.3 Å². The molecule has 4 aromatic carbocycles. The number of hydrogen-bond acceptors (Lipinski definition) is 1. The number of para-hydroxylation sites is 3. The maximum Gasteiger partial charge on any atom is 0.143 e. The highest BCUT2D eigenvalue weighted by atomic mass is 16.3. The third-order valence-electron chi connectivity index (χ3n) is 5.22. The Labute approximate surface area is 149 Å². The summed E-state index contributed by atoms with van der Waals surface area (Å²) in [5.74, 6) is 0. The molecule has 122 valence electrons. The molecule has 0 amide bonds. The van der Waals surface area contributed by atoms with Crippen LogP contribution >= 0.6 is 0 Å². The van der Waals surface area contributed by atoms with E-state index >= 15 is 0 Å². The van der Waals surface area contributed by atoms with Gasteiger partial charge in [-0.15, -0.1) is 0 Å². The molecule has 0 radical (unpaired) electrons. The molecule has 0 unspecified atom stereocenters. The van der Waals surface area contributed by atoms with E-state index in [0.29, 0.717) is 0 Å². The van der Waals surface area contributed by atoms with Crippen LogP contribution in [0.4, 0.5) is 0 Å². The molecule has 0 aliphatic rings. The van der Waals surface area contributed by atoms with Gasteiger partial charge in [-0.1, -0.05) is 66.7 Å². The van der Waals surface area contributed by atoms with Crippen molar-refractivity contribution in [1.29, 1.82) is 0 Å². The van der Waals surface area contributed by atoms with Gasteiger partial charge in [-0.2, -0.15) is 0 Å². The Balaban J connectivity index is 1.79. The second-order valence-corrected chi connectivity index (χ2v) is 6.68. The number of benzene rings is 4. The zero-order chi connectivity index (χ0) is 17.1. The molecule has 1 N–H and O–H groups in total. The molecule has 0 saturated heterocycles. The van der Waals surface area contributed by atoms with Crippen LogP contribution < -0.4 is 0 Å². The van der Waals surface area contributed by atoms with Crippen LogP contribution in [0.1, 0.15) is 0 Å². The molecule has 2 nitrogen and oxygen atoms in total. The van der Waals surface area contributed by atoms with Crippen molar-refractivity contribution in [1.82, 2.24) is 4.98 Å². The van der Waals surface area contributed by atoms with E-state index in [2.05, 4.69) is 77.8 Å². The summed E-state index contributed by atoms with van der Waals surface area (Å²) in [6, 6.07) is 29.5. The molecule has 0 aliphatic heterocycles. The Morgan fingerprint density at radius 2 is 1.23 bits per heavy atom. The molecule has 0 bridgehead atoms. The normalized spacial score (nSPS) is 11.8. The van der Waals surface area contributed by atoms with Crippen LogP contribution in [-0.2, 0) is 0 Å². The first-order chi connectivity index (χ1) is 12.9. The Hall–Kier alpha value is -3.52. The zero-order valence-electron chi connectivity index (χ0n) is 14.0. The summed E-state index contributed by atoms with van der Waals surface area (Å²) < 4.78 is 6.27. The van der Waals surface area contributed by atoms with E-state index in [1.807, 2.05) is 12.1 Å². The number of fused-ring (bicyclic) bond motifs is 6. The summed E-state index contributed by atoms with van der Waals surface area (Å²) in [4.78, 5) is 3.53. The Bertz CT molecular complexity index is 1430. The van der Waals surface area contributed by atoms with Gasteiger partial charge in [0.15, 0.2) is 0 Å². The van der Waals surface area contributed by atoms with Gasteiger partial charge >= 0.3 is 0 Å². The molecular formula is C24H15NO. The topological polar surface area (TPSA) is 28.9 Å². The van der Waals surface area contributed by atoms with Crippen molar-refractivity contribution in [3.05, 3.63) is 84.9 Å². The molecule has 0 spiro atoms. The van der Waals surface area contributed by atoms with Gasteiger partial charge in [0.05, 0.1) is 0 Å². The summed E-state index contributed by atoms with van der Waals surface area (Å²) >= 11 is 0. The summed E-state index contributed by atoms with van der Waals surface area (Å²) in [5, 5.41) is 4.81. The number of nitrogens with one attached hydrogen (secondary N) is 1. The average molecular weight is 333 g/mol. The Morgan fingerprint density at radius 3 is 2.19 bits per heavy atom. The van der Waals surface area contributed by atoms with Crippen molar-refractivity contribution in [3.8, 4) is 11.1 Å². The summed E-state index contributed by atoms with van der Waals surface area (Å²) in [6.07, 6.45) is 0. The number of furan rings is 1. The second kappa shape index (κ2) is 4.99. The van der Waals surface area contributed by atoms with Gasteiger partial charge in [0.25, 0.3) is 0 Å².